The van der Waals surface area contributed by atoms with E-state index in [1.165, 1.54) is 0 Å². The van der Waals surface area contributed by atoms with Crippen molar-refractivity contribution < 1.29 is 43.3 Å². The highest BCUT2D eigenvalue weighted by Crippen LogP contribution is 2.24. The zero-order valence-electron chi connectivity index (χ0n) is 20.4. The fraction of sp³-hybridized carbons (Fsp3) is 0.346. The SMILES string of the molecule is CCOC(=O)C(CCc1ccc(Oc2ccc(C(=O)COC(=O)CC)cc2)cc1)(NC(C)=O)C(=O)O. The van der Waals surface area contributed by atoms with Crippen molar-refractivity contribution in [3.63, 3.8) is 0 Å². The Morgan fingerprint density at radius 2 is 1.47 bits per heavy atom. The highest BCUT2D eigenvalue weighted by Gasteiger charge is 2.48. The maximum absolute atomic E-state index is 12.4. The number of benzene rings is 2. The lowest BCUT2D eigenvalue weighted by atomic mass is 9.91. The first-order chi connectivity index (χ1) is 17.1. The van der Waals surface area contributed by atoms with Crippen molar-refractivity contribution in [1.82, 2.24) is 5.32 Å². The Kier molecular flexibility index (Phi) is 10.1. The predicted octanol–water partition coefficient (Wildman–Crippen LogP) is 3.07. The molecule has 0 saturated heterocycles. The number of amides is 1. The van der Waals surface area contributed by atoms with Gasteiger partial charge < -0.3 is 24.6 Å². The van der Waals surface area contributed by atoms with Crippen molar-refractivity contribution in [1.29, 1.82) is 0 Å². The van der Waals surface area contributed by atoms with E-state index in [9.17, 15) is 29.1 Å². The van der Waals surface area contributed by atoms with Crippen LogP contribution < -0.4 is 10.1 Å². The number of aryl methyl sites for hydroxylation is 1. The third-order valence-electron chi connectivity index (χ3n) is 5.16. The van der Waals surface area contributed by atoms with Gasteiger partial charge in [-0.05, 0) is 61.7 Å². The summed E-state index contributed by atoms with van der Waals surface area (Å²) in [6.45, 7) is 3.97. The molecule has 0 heterocycles. The zero-order valence-corrected chi connectivity index (χ0v) is 20.4. The van der Waals surface area contributed by atoms with E-state index in [4.69, 9.17) is 14.2 Å². The molecule has 0 aromatic heterocycles. The van der Waals surface area contributed by atoms with Gasteiger partial charge >= 0.3 is 17.9 Å². The van der Waals surface area contributed by atoms with Crippen LogP contribution >= 0.6 is 0 Å². The Balaban J connectivity index is 2.03. The van der Waals surface area contributed by atoms with Crippen LogP contribution in [0.25, 0.3) is 0 Å². The summed E-state index contributed by atoms with van der Waals surface area (Å²) < 4.78 is 15.5. The van der Waals surface area contributed by atoms with E-state index in [1.54, 1.807) is 62.4 Å². The molecule has 10 nitrogen and oxygen atoms in total. The summed E-state index contributed by atoms with van der Waals surface area (Å²) >= 11 is 0. The molecule has 0 fully saturated rings. The number of hydrogen-bond acceptors (Lipinski definition) is 8. The average molecular weight is 500 g/mol. The molecule has 0 spiro atoms. The molecule has 36 heavy (non-hydrogen) atoms. The van der Waals surface area contributed by atoms with Gasteiger partial charge in [-0.2, -0.15) is 0 Å². The van der Waals surface area contributed by atoms with Gasteiger partial charge in [-0.1, -0.05) is 19.1 Å². The number of ether oxygens (including phenoxy) is 3. The molecule has 0 radical (unpaired) electrons. The van der Waals surface area contributed by atoms with Crippen molar-refractivity contribution in [2.24, 2.45) is 0 Å². The van der Waals surface area contributed by atoms with E-state index >= 15 is 0 Å². The minimum absolute atomic E-state index is 0.0269. The first-order valence-corrected chi connectivity index (χ1v) is 11.4. The number of esters is 2. The number of aliphatic carboxylic acids is 1. The van der Waals surface area contributed by atoms with E-state index in [0.717, 1.165) is 6.92 Å². The van der Waals surface area contributed by atoms with Gasteiger partial charge in [0.05, 0.1) is 6.61 Å². The Labute approximate surface area is 208 Å². The fourth-order valence-corrected chi connectivity index (χ4v) is 3.25. The number of carboxylic acids is 1. The van der Waals surface area contributed by atoms with Crippen molar-refractivity contribution in [2.75, 3.05) is 13.2 Å². The molecule has 1 atom stereocenters. The van der Waals surface area contributed by atoms with Crippen LogP contribution in [0.4, 0.5) is 0 Å². The van der Waals surface area contributed by atoms with Crippen molar-refractivity contribution in [3.05, 3.63) is 59.7 Å². The van der Waals surface area contributed by atoms with Gasteiger partial charge in [-0.25, -0.2) is 9.59 Å². The van der Waals surface area contributed by atoms with Gasteiger partial charge in [-0.15, -0.1) is 0 Å². The molecule has 0 aliphatic heterocycles. The molecule has 2 rings (SSSR count). The highest BCUT2D eigenvalue weighted by atomic mass is 16.5. The van der Waals surface area contributed by atoms with Gasteiger partial charge in [0.1, 0.15) is 11.5 Å². The lowest BCUT2D eigenvalue weighted by Gasteiger charge is -2.27. The van der Waals surface area contributed by atoms with Gasteiger partial charge in [0, 0.05) is 18.9 Å². The van der Waals surface area contributed by atoms with E-state index in [-0.39, 0.29) is 38.3 Å². The van der Waals surface area contributed by atoms with Gasteiger partial charge in [0.25, 0.3) is 0 Å². The molecule has 1 unspecified atom stereocenters. The second kappa shape index (κ2) is 13.0. The van der Waals surface area contributed by atoms with Crippen LogP contribution in [0.2, 0.25) is 0 Å². The lowest BCUT2D eigenvalue weighted by Crippen LogP contribution is -2.60. The molecular formula is C26H29NO9. The summed E-state index contributed by atoms with van der Waals surface area (Å²) in [7, 11) is 0. The van der Waals surface area contributed by atoms with E-state index in [1.807, 2.05) is 0 Å². The molecule has 192 valence electrons. The molecule has 2 N–H and O–H groups in total. The third kappa shape index (κ3) is 7.66. The number of ketones is 1. The van der Waals surface area contributed by atoms with Crippen LogP contribution in [0, 0.1) is 0 Å². The summed E-state index contributed by atoms with van der Waals surface area (Å²) in [5.41, 5.74) is -1.10. The number of carbonyl (C=O) groups excluding carboxylic acids is 4. The second-order valence-corrected chi connectivity index (χ2v) is 7.82. The summed E-state index contributed by atoms with van der Waals surface area (Å²) in [6.07, 6.45) is 0.162. The predicted molar refractivity (Wildman–Crippen MR) is 128 cm³/mol. The minimum Gasteiger partial charge on any atom is -0.479 e. The van der Waals surface area contributed by atoms with Crippen molar-refractivity contribution >= 4 is 29.6 Å². The first kappa shape index (κ1) is 28.0. The molecule has 10 heteroatoms. The van der Waals surface area contributed by atoms with Gasteiger partial charge in [-0.3, -0.25) is 14.4 Å². The fourth-order valence-electron chi connectivity index (χ4n) is 3.25. The Bertz CT molecular complexity index is 1090. The summed E-state index contributed by atoms with van der Waals surface area (Å²) in [6, 6.07) is 13.1. The van der Waals surface area contributed by atoms with Crippen LogP contribution in [0.5, 0.6) is 11.5 Å². The molecule has 0 aliphatic carbocycles. The molecule has 1 amide bonds. The lowest BCUT2D eigenvalue weighted by molar-refractivity contribution is -0.165. The zero-order chi connectivity index (χ0) is 26.7. The maximum Gasteiger partial charge on any atom is 0.343 e. The van der Waals surface area contributed by atoms with Crippen LogP contribution in [0.3, 0.4) is 0 Å². The first-order valence-electron chi connectivity index (χ1n) is 11.4. The number of carboxylic acid groups (broad SMARTS) is 1. The van der Waals surface area contributed by atoms with Crippen LogP contribution in [-0.4, -0.2) is 53.5 Å². The quantitative estimate of drug-likeness (QED) is 0.241. The third-order valence-corrected chi connectivity index (χ3v) is 5.16. The van der Waals surface area contributed by atoms with Crippen LogP contribution in [-0.2, 0) is 35.1 Å². The normalized spacial score (nSPS) is 12.1. The number of Topliss-reactive ketones (excluding diaryl/α,β-unsaturated/α-hetero) is 1. The molecule has 2 aromatic carbocycles. The summed E-state index contributed by atoms with van der Waals surface area (Å²) in [4.78, 5) is 59.2. The minimum atomic E-state index is -2.19. The van der Waals surface area contributed by atoms with E-state index in [0.29, 0.717) is 22.6 Å². The number of rotatable bonds is 13. The standard InChI is InChI=1S/C26H29NO9/c1-4-23(30)35-16-22(29)19-8-12-21(13-9-19)36-20-10-6-18(7-11-20)14-15-26(24(31)32,27-17(3)28)25(33)34-5-2/h6-13H,4-5,14-16H2,1-3H3,(H,27,28)(H,31,32). The second-order valence-electron chi connectivity index (χ2n) is 7.82. The topological polar surface area (TPSA) is 145 Å². The average Bonchev–Trinajstić information content (AvgIpc) is 2.85. The monoisotopic (exact) mass is 499 g/mol. The maximum atomic E-state index is 12.4. The largest absolute Gasteiger partial charge is 0.479 e. The Morgan fingerprint density at radius 3 is 1.97 bits per heavy atom. The smallest absolute Gasteiger partial charge is 0.343 e. The van der Waals surface area contributed by atoms with Crippen LogP contribution in [0.15, 0.2) is 48.5 Å². The highest BCUT2D eigenvalue weighted by molar-refractivity contribution is 6.07. The Hall–Kier alpha value is -4.21. The molecule has 0 saturated carbocycles. The number of nitrogens with one attached hydrogen (secondary N) is 1. The molecule has 0 aliphatic rings. The Morgan fingerprint density at radius 1 is 0.889 bits per heavy atom. The molecule has 0 bridgehead atoms. The molecule has 2 aromatic rings. The van der Waals surface area contributed by atoms with E-state index < -0.39 is 29.4 Å². The van der Waals surface area contributed by atoms with Gasteiger partial charge in [0.15, 0.2) is 12.4 Å². The number of hydrogen-bond donors (Lipinski definition) is 2. The van der Waals surface area contributed by atoms with Crippen LogP contribution in [0.1, 0.15) is 49.5 Å². The number of carbonyl (C=O) groups is 5. The van der Waals surface area contributed by atoms with Crippen molar-refractivity contribution in [3.8, 4) is 11.5 Å². The van der Waals surface area contributed by atoms with Crippen molar-refractivity contribution in [2.45, 2.75) is 45.6 Å². The van der Waals surface area contributed by atoms with E-state index in [2.05, 4.69) is 5.32 Å². The molecular weight excluding hydrogens is 470 g/mol. The summed E-state index contributed by atoms with van der Waals surface area (Å²) in [5.74, 6) is -3.00. The summed E-state index contributed by atoms with van der Waals surface area (Å²) in [5, 5.41) is 11.9. The van der Waals surface area contributed by atoms with Gasteiger partial charge in [0.2, 0.25) is 11.4 Å².